The maximum absolute atomic E-state index is 12.9. The van der Waals surface area contributed by atoms with Crippen LogP contribution in [0.1, 0.15) is 29.1 Å². The molecular weight excluding hydrogens is 384 g/mol. The normalized spacial score (nSPS) is 11.2. The third-order valence-electron chi connectivity index (χ3n) is 3.82. The average molecular weight is 407 g/mol. The van der Waals surface area contributed by atoms with E-state index in [0.717, 1.165) is 4.88 Å². The highest BCUT2D eigenvalue weighted by atomic mass is 32.1. The summed E-state index contributed by atoms with van der Waals surface area (Å²) >= 11 is 1.48. The monoisotopic (exact) mass is 406 g/mol. The van der Waals surface area contributed by atoms with Gasteiger partial charge in [0.2, 0.25) is 0 Å². The summed E-state index contributed by atoms with van der Waals surface area (Å²) in [5, 5.41) is 7.46. The number of carbonyl (C=O) groups is 2. The molecule has 148 valence electrons. The molecule has 3 rings (SSSR count). The predicted octanol–water partition coefficient (Wildman–Crippen LogP) is 4.94. The molecule has 1 aromatic heterocycles. The molecule has 0 radical (unpaired) electrons. The van der Waals surface area contributed by atoms with Crippen molar-refractivity contribution in [2.75, 3.05) is 5.32 Å². The quantitative estimate of drug-likeness (QED) is 0.546. The van der Waals surface area contributed by atoms with Gasteiger partial charge in [0.25, 0.3) is 11.8 Å². The van der Waals surface area contributed by atoms with Crippen LogP contribution in [-0.2, 0) is 4.79 Å². The van der Waals surface area contributed by atoms with Gasteiger partial charge in [-0.15, -0.1) is 11.3 Å². The first-order valence-corrected chi connectivity index (χ1v) is 10.1. The van der Waals surface area contributed by atoms with Gasteiger partial charge in [-0.3, -0.25) is 9.59 Å². The van der Waals surface area contributed by atoms with Crippen molar-refractivity contribution in [2.24, 2.45) is 0 Å². The Balaban J connectivity index is 1.81. The number of nitrogens with one attached hydrogen (secondary N) is 2. The Kier molecular flexibility index (Phi) is 6.81. The lowest BCUT2D eigenvalue weighted by atomic mass is 10.2. The van der Waals surface area contributed by atoms with Gasteiger partial charge in [0, 0.05) is 22.2 Å². The van der Waals surface area contributed by atoms with E-state index in [2.05, 4.69) is 10.6 Å². The lowest BCUT2D eigenvalue weighted by Crippen LogP contribution is -2.30. The van der Waals surface area contributed by atoms with Crippen LogP contribution in [0.4, 0.5) is 5.69 Å². The Morgan fingerprint density at radius 2 is 1.79 bits per heavy atom. The van der Waals surface area contributed by atoms with Crippen LogP contribution in [0, 0.1) is 0 Å². The van der Waals surface area contributed by atoms with Gasteiger partial charge in [0.15, 0.2) is 0 Å². The Bertz CT molecular complexity index is 996. The largest absolute Gasteiger partial charge is 0.491 e. The first-order chi connectivity index (χ1) is 14.0. The number of ether oxygens (including phenoxy) is 1. The summed E-state index contributed by atoms with van der Waals surface area (Å²) in [4.78, 5) is 26.3. The smallest absolute Gasteiger partial charge is 0.272 e. The van der Waals surface area contributed by atoms with Crippen molar-refractivity contribution in [3.63, 3.8) is 0 Å². The standard InChI is InChI=1S/C23H22N2O3S/c1-16(2)28-19-11-6-10-18(14-19)24-23(27)21(15-20-12-7-13-29-20)25-22(26)17-8-4-3-5-9-17/h3-16H,1-2H3,(H,24,27)(H,25,26)/b21-15-. The molecule has 0 atom stereocenters. The maximum atomic E-state index is 12.9. The van der Waals surface area contributed by atoms with Crippen molar-refractivity contribution in [3.8, 4) is 5.75 Å². The zero-order valence-corrected chi connectivity index (χ0v) is 17.0. The molecule has 0 spiro atoms. The van der Waals surface area contributed by atoms with Crippen LogP contribution in [-0.4, -0.2) is 17.9 Å². The summed E-state index contributed by atoms with van der Waals surface area (Å²) in [6.07, 6.45) is 1.69. The molecule has 0 saturated carbocycles. The summed E-state index contributed by atoms with van der Waals surface area (Å²) in [6, 6.07) is 19.7. The third-order valence-corrected chi connectivity index (χ3v) is 4.64. The van der Waals surface area contributed by atoms with Crippen molar-refractivity contribution in [1.29, 1.82) is 0 Å². The second kappa shape index (κ2) is 9.71. The van der Waals surface area contributed by atoms with Gasteiger partial charge in [0.1, 0.15) is 11.4 Å². The van der Waals surface area contributed by atoms with Crippen LogP contribution in [0.2, 0.25) is 0 Å². The van der Waals surface area contributed by atoms with Gasteiger partial charge in [-0.25, -0.2) is 0 Å². The predicted molar refractivity (Wildman–Crippen MR) is 117 cm³/mol. The summed E-state index contributed by atoms with van der Waals surface area (Å²) in [6.45, 7) is 3.87. The molecule has 2 amide bonds. The molecule has 0 saturated heterocycles. The molecule has 0 aliphatic carbocycles. The number of carbonyl (C=O) groups excluding carboxylic acids is 2. The fraction of sp³-hybridized carbons (Fsp3) is 0.130. The van der Waals surface area contributed by atoms with Crippen molar-refractivity contribution in [1.82, 2.24) is 5.32 Å². The number of hydrogen-bond donors (Lipinski definition) is 2. The molecular formula is C23H22N2O3S. The van der Waals surface area contributed by atoms with Crippen molar-refractivity contribution in [2.45, 2.75) is 20.0 Å². The number of amides is 2. The lowest BCUT2D eigenvalue weighted by molar-refractivity contribution is -0.113. The fourth-order valence-corrected chi connectivity index (χ4v) is 3.23. The van der Waals surface area contributed by atoms with E-state index in [0.29, 0.717) is 17.0 Å². The van der Waals surface area contributed by atoms with Crippen LogP contribution in [0.3, 0.4) is 0 Å². The van der Waals surface area contributed by atoms with Gasteiger partial charge < -0.3 is 15.4 Å². The zero-order valence-electron chi connectivity index (χ0n) is 16.2. The van der Waals surface area contributed by atoms with E-state index in [4.69, 9.17) is 4.74 Å². The van der Waals surface area contributed by atoms with Crippen LogP contribution in [0.15, 0.2) is 77.8 Å². The van der Waals surface area contributed by atoms with Gasteiger partial charge in [-0.1, -0.05) is 30.3 Å². The summed E-state index contributed by atoms with van der Waals surface area (Å²) in [5.41, 5.74) is 1.22. The highest BCUT2D eigenvalue weighted by molar-refractivity contribution is 7.10. The second-order valence-electron chi connectivity index (χ2n) is 6.54. The number of thiophene rings is 1. The van der Waals surface area contributed by atoms with E-state index in [1.54, 1.807) is 48.5 Å². The Morgan fingerprint density at radius 1 is 1.00 bits per heavy atom. The molecule has 2 aromatic carbocycles. The van der Waals surface area contributed by atoms with E-state index >= 15 is 0 Å². The van der Waals surface area contributed by atoms with Gasteiger partial charge >= 0.3 is 0 Å². The van der Waals surface area contributed by atoms with Crippen molar-refractivity contribution in [3.05, 3.63) is 88.2 Å². The van der Waals surface area contributed by atoms with Gasteiger partial charge in [0.05, 0.1) is 6.10 Å². The highest BCUT2D eigenvalue weighted by Gasteiger charge is 2.15. The molecule has 0 fully saturated rings. The van der Waals surface area contributed by atoms with Crippen molar-refractivity contribution >= 4 is 34.9 Å². The van der Waals surface area contributed by atoms with Gasteiger partial charge in [-0.2, -0.15) is 0 Å². The fourth-order valence-electron chi connectivity index (χ4n) is 2.58. The SMILES string of the molecule is CC(C)Oc1cccc(NC(=O)/C(=C/c2cccs2)NC(=O)c2ccccc2)c1. The first kappa shape index (κ1) is 20.4. The highest BCUT2D eigenvalue weighted by Crippen LogP contribution is 2.20. The lowest BCUT2D eigenvalue weighted by Gasteiger charge is -2.13. The molecule has 6 heteroatoms. The first-order valence-electron chi connectivity index (χ1n) is 9.21. The zero-order chi connectivity index (χ0) is 20.6. The minimum atomic E-state index is -0.413. The minimum Gasteiger partial charge on any atom is -0.491 e. The third kappa shape index (κ3) is 6.05. The molecule has 29 heavy (non-hydrogen) atoms. The molecule has 5 nitrogen and oxygen atoms in total. The number of rotatable bonds is 7. The molecule has 1 heterocycles. The Labute approximate surface area is 174 Å². The van der Waals surface area contributed by atoms with Gasteiger partial charge in [-0.05, 0) is 55.6 Å². The second-order valence-corrected chi connectivity index (χ2v) is 7.52. The molecule has 3 aromatic rings. The number of hydrogen-bond acceptors (Lipinski definition) is 4. The molecule has 0 aliphatic heterocycles. The summed E-state index contributed by atoms with van der Waals surface area (Å²) in [7, 11) is 0. The number of benzene rings is 2. The van der Waals surface area contributed by atoms with E-state index in [1.807, 2.05) is 43.5 Å². The summed E-state index contributed by atoms with van der Waals surface area (Å²) in [5.74, 6) is -0.0975. The van der Waals surface area contributed by atoms with E-state index in [1.165, 1.54) is 11.3 Å². The van der Waals surface area contributed by atoms with Crippen LogP contribution in [0.25, 0.3) is 6.08 Å². The Hall–Kier alpha value is -3.38. The minimum absolute atomic E-state index is 0.0281. The number of anilines is 1. The van der Waals surface area contributed by atoms with E-state index in [-0.39, 0.29) is 17.7 Å². The summed E-state index contributed by atoms with van der Waals surface area (Å²) < 4.78 is 5.67. The van der Waals surface area contributed by atoms with Crippen LogP contribution < -0.4 is 15.4 Å². The molecule has 2 N–H and O–H groups in total. The van der Waals surface area contributed by atoms with E-state index < -0.39 is 5.91 Å². The van der Waals surface area contributed by atoms with E-state index in [9.17, 15) is 9.59 Å². The molecule has 0 bridgehead atoms. The van der Waals surface area contributed by atoms with Crippen LogP contribution >= 0.6 is 11.3 Å². The Morgan fingerprint density at radius 3 is 2.48 bits per heavy atom. The average Bonchev–Trinajstić information content (AvgIpc) is 3.21. The molecule has 0 unspecified atom stereocenters. The maximum Gasteiger partial charge on any atom is 0.272 e. The topological polar surface area (TPSA) is 67.4 Å². The van der Waals surface area contributed by atoms with Crippen molar-refractivity contribution < 1.29 is 14.3 Å². The molecule has 0 aliphatic rings. The van der Waals surface area contributed by atoms with Crippen LogP contribution in [0.5, 0.6) is 5.75 Å².